The fourth-order valence-corrected chi connectivity index (χ4v) is 13.6. The first-order valence-corrected chi connectivity index (χ1v) is 32.4. The summed E-state index contributed by atoms with van der Waals surface area (Å²) < 4.78 is 23.5. The highest BCUT2D eigenvalue weighted by atomic mass is 32.1. The SMILES string of the molecule is CC[C@H](C)[C@@H]([C@@H](CC(=O)N1CCC[C@H]1[C@H](OC)[C@@H](C)C(=O)N[C@@H](Cc1ccccc1)c1nccs1)OC)N(C)C(=O)[C@@H](NC(=O)[C@H](C(C)C)[N+](C)(C)Cc1ccc(O[C@@H]2O[C@H](C(=O)O)[C@@H](O)[C@H](O)[C@H]2O)c(NC(=O)CCNC(=O)[C@H](CN)N2C(=O)C=CC2=O)c1)C(C)C. The molecule has 8 amide bonds. The number of methoxy groups -OCH3 is 2. The number of anilines is 1. The second-order valence-corrected chi connectivity index (χ2v) is 26.4. The van der Waals surface area contributed by atoms with Crippen LogP contribution in [0.25, 0.3) is 0 Å². The topological polar surface area (TPSA) is 368 Å². The summed E-state index contributed by atoms with van der Waals surface area (Å²) in [5.41, 5.74) is 7.25. The maximum atomic E-state index is 15.1. The molecule has 2 aromatic carbocycles. The van der Waals surface area contributed by atoms with Gasteiger partial charge in [0.25, 0.3) is 17.7 Å². The van der Waals surface area contributed by atoms with E-state index >= 15 is 4.79 Å². The van der Waals surface area contributed by atoms with E-state index in [2.05, 4.69) is 26.3 Å². The lowest BCUT2D eigenvalue weighted by Gasteiger charge is -2.42. The van der Waals surface area contributed by atoms with Crippen LogP contribution in [-0.4, -0.2) is 226 Å². The Morgan fingerprint density at radius 2 is 1.55 bits per heavy atom. The second kappa shape index (κ2) is 33.7. The summed E-state index contributed by atoms with van der Waals surface area (Å²) >= 11 is 1.46. The number of thiazole rings is 1. The first kappa shape index (κ1) is 74.8. The number of quaternary nitrogens is 1. The van der Waals surface area contributed by atoms with Gasteiger partial charge in [0.2, 0.25) is 35.8 Å². The summed E-state index contributed by atoms with van der Waals surface area (Å²) in [6.45, 7) is 13.0. The Bertz CT molecular complexity index is 3080. The van der Waals surface area contributed by atoms with Gasteiger partial charge in [-0.25, -0.2) is 9.78 Å². The van der Waals surface area contributed by atoms with E-state index in [4.69, 9.17) is 24.7 Å². The van der Waals surface area contributed by atoms with Crippen molar-refractivity contribution in [3.63, 3.8) is 0 Å². The molecule has 3 aliphatic rings. The number of nitrogens with one attached hydrogen (secondary N) is 4. The summed E-state index contributed by atoms with van der Waals surface area (Å²) in [5, 5.41) is 55.7. The molecule has 0 saturated carbocycles. The number of aliphatic carboxylic acids is 1. The largest absolute Gasteiger partial charge is 0.479 e. The molecule has 0 radical (unpaired) electrons. The van der Waals surface area contributed by atoms with Crippen molar-refractivity contribution in [2.45, 2.75) is 173 Å². The van der Waals surface area contributed by atoms with Crippen molar-refractivity contribution in [2.75, 3.05) is 60.3 Å². The van der Waals surface area contributed by atoms with E-state index in [0.717, 1.165) is 22.7 Å². The molecule has 2 fully saturated rings. The number of nitrogens with two attached hydrogens (primary N) is 1. The number of hydrogen-bond acceptors (Lipinski definition) is 19. The van der Waals surface area contributed by atoms with Crippen LogP contribution in [0.1, 0.15) is 103 Å². The van der Waals surface area contributed by atoms with Gasteiger partial charge in [-0.2, -0.15) is 0 Å². The van der Waals surface area contributed by atoms with E-state index in [-0.39, 0.29) is 71.5 Å². The molecule has 10 N–H and O–H groups in total. The van der Waals surface area contributed by atoms with Crippen molar-refractivity contribution in [3.8, 4) is 5.75 Å². The quantitative estimate of drug-likeness (QED) is 0.0310. The minimum atomic E-state index is -2.02. The molecular formula is C65H95N10O17S+. The molecule has 1 aromatic heterocycles. The lowest BCUT2D eigenvalue weighted by Crippen LogP contribution is -2.63. The highest BCUT2D eigenvalue weighted by molar-refractivity contribution is 7.09. The number of likely N-dealkylation sites (N-methyl/N-ethyl adjacent to an activating group) is 2. The predicted octanol–water partition coefficient (Wildman–Crippen LogP) is 1.87. The molecule has 3 aliphatic heterocycles. The number of carbonyl (C=O) groups is 9. The molecular weight excluding hydrogens is 1220 g/mol. The Hall–Kier alpha value is -7.28. The third-order valence-electron chi connectivity index (χ3n) is 17.8. The minimum Gasteiger partial charge on any atom is -0.479 e. The van der Waals surface area contributed by atoms with Crippen LogP contribution in [0.15, 0.2) is 72.3 Å². The number of carbonyl (C=O) groups excluding carboxylic acids is 8. The van der Waals surface area contributed by atoms with Gasteiger partial charge in [0.05, 0.1) is 62.5 Å². The molecule has 27 nitrogen and oxygen atoms in total. The molecule has 0 unspecified atom stereocenters. The molecule has 3 aromatic rings. The number of rotatable bonds is 33. The van der Waals surface area contributed by atoms with Crippen LogP contribution < -0.4 is 31.7 Å². The molecule has 0 bridgehead atoms. The fraction of sp³-hybridized carbons (Fsp3) is 0.600. The van der Waals surface area contributed by atoms with Crippen LogP contribution in [0, 0.1) is 23.7 Å². The maximum Gasteiger partial charge on any atom is 0.335 e. The molecule has 0 aliphatic carbocycles. The van der Waals surface area contributed by atoms with Gasteiger partial charge in [-0.05, 0) is 54.9 Å². The lowest BCUT2D eigenvalue weighted by molar-refractivity contribution is -0.922. The molecule has 15 atom stereocenters. The van der Waals surface area contributed by atoms with E-state index in [1.807, 2.05) is 91.3 Å². The van der Waals surface area contributed by atoms with Gasteiger partial charge in [-0.3, -0.25) is 43.3 Å². The molecule has 2 saturated heterocycles. The van der Waals surface area contributed by atoms with Gasteiger partial charge in [0.1, 0.15) is 47.7 Å². The number of aliphatic hydroxyl groups excluding tert-OH is 3. The Labute approximate surface area is 547 Å². The van der Waals surface area contributed by atoms with Gasteiger partial charge in [0.15, 0.2) is 12.1 Å². The summed E-state index contributed by atoms with van der Waals surface area (Å²) in [4.78, 5) is 131. The predicted molar refractivity (Wildman–Crippen MR) is 342 cm³/mol. The van der Waals surface area contributed by atoms with E-state index in [1.165, 1.54) is 30.6 Å². The highest BCUT2D eigenvalue weighted by Crippen LogP contribution is 2.35. The van der Waals surface area contributed by atoms with Gasteiger partial charge in [0, 0.05) is 82.5 Å². The number of ether oxygens (including phenoxy) is 4. The monoisotopic (exact) mass is 1320 g/mol. The van der Waals surface area contributed by atoms with Crippen molar-refractivity contribution in [1.29, 1.82) is 0 Å². The number of carboxylic acids is 1. The van der Waals surface area contributed by atoms with Crippen LogP contribution >= 0.6 is 11.3 Å². The zero-order chi connectivity index (χ0) is 68.8. The Balaban J connectivity index is 1.17. The van der Waals surface area contributed by atoms with Crippen molar-refractivity contribution in [2.24, 2.45) is 29.4 Å². The maximum absolute atomic E-state index is 15.1. The van der Waals surface area contributed by atoms with Crippen molar-refractivity contribution >= 4 is 70.3 Å². The van der Waals surface area contributed by atoms with Crippen LogP contribution in [0.5, 0.6) is 5.75 Å². The van der Waals surface area contributed by atoms with E-state index in [1.54, 1.807) is 43.1 Å². The molecule has 4 heterocycles. The number of nitrogens with zero attached hydrogens (tertiary/aromatic N) is 5. The van der Waals surface area contributed by atoms with Crippen molar-refractivity contribution in [3.05, 3.63) is 88.4 Å². The molecule has 6 rings (SSSR count). The summed E-state index contributed by atoms with van der Waals surface area (Å²) in [5.74, 6) is -7.71. The molecule has 0 spiro atoms. The van der Waals surface area contributed by atoms with E-state index < -0.39 is 133 Å². The smallest absolute Gasteiger partial charge is 0.335 e. The van der Waals surface area contributed by atoms with E-state index in [9.17, 15) is 58.8 Å². The van der Waals surface area contributed by atoms with Crippen LogP contribution in [0.2, 0.25) is 0 Å². The molecule has 512 valence electrons. The Kier molecular flexibility index (Phi) is 27.1. The van der Waals surface area contributed by atoms with Crippen LogP contribution in [0.4, 0.5) is 5.69 Å². The summed E-state index contributed by atoms with van der Waals surface area (Å²) in [6.07, 6.45) is -5.66. The van der Waals surface area contributed by atoms with Gasteiger partial charge >= 0.3 is 5.97 Å². The average molecular weight is 1320 g/mol. The van der Waals surface area contributed by atoms with Gasteiger partial charge in [-0.15, -0.1) is 11.3 Å². The standard InChI is InChI=1S/C65H94N10O17S/c1-13-37(6)52(46(89-11)32-50(79)73-28-17-20-43(73)57(90-12)38(7)59(83)70-42(62-68-27-29-93-62)30-39-18-15-14-16-19-39)72(8)63(86)51(35(2)3)71-61(85)53(36(4)5)75(9,10)34-40-21-22-45(91-65-56(82)54(80)55(81)58(92-65)64(87)88)41(31-40)69-47(76)25-26-67-60(84)44(33-66)74-48(77)23-24-49(74)78/h14-16,18-19,21-24,27,29,31,35-38,42-44,46,51-58,65,80-82H,13,17,20,25-26,28,30,32-34,66H2,1-12H3,(H4-,67,69,70,71,76,83,84,85,87,88)/p+1/t37-,38+,42-,43-,44-,46+,51-,52-,53-,54-,55-,56+,57+,58-,65+/m0/s1. The lowest BCUT2D eigenvalue weighted by atomic mass is 9.89. The highest BCUT2D eigenvalue weighted by Gasteiger charge is 2.49. The zero-order valence-electron chi connectivity index (χ0n) is 55.1. The van der Waals surface area contributed by atoms with Gasteiger partial charge < -0.3 is 80.7 Å². The number of likely N-dealkylation sites (tertiary alicyclic amines) is 1. The Morgan fingerprint density at radius 1 is 0.871 bits per heavy atom. The fourth-order valence-electron chi connectivity index (χ4n) is 12.9. The number of imide groups is 1. The van der Waals surface area contributed by atoms with Crippen LogP contribution in [-0.2, 0) is 70.3 Å². The summed E-state index contributed by atoms with van der Waals surface area (Å²) in [7, 11) is 8.34. The first-order chi connectivity index (χ1) is 44.0. The number of amides is 8. The number of aromatic nitrogens is 1. The first-order valence-electron chi connectivity index (χ1n) is 31.5. The van der Waals surface area contributed by atoms with Crippen molar-refractivity contribution in [1.82, 2.24) is 35.6 Å². The van der Waals surface area contributed by atoms with Gasteiger partial charge in [-0.1, -0.05) is 85.2 Å². The zero-order valence-corrected chi connectivity index (χ0v) is 55.9. The number of aliphatic hydroxyl groups is 3. The van der Waals surface area contributed by atoms with Crippen LogP contribution in [0.3, 0.4) is 0 Å². The third-order valence-corrected chi connectivity index (χ3v) is 18.7. The second-order valence-electron chi connectivity index (χ2n) is 25.5. The molecule has 28 heteroatoms. The van der Waals surface area contributed by atoms with E-state index in [0.29, 0.717) is 42.7 Å². The average Bonchev–Trinajstić information content (AvgIpc) is 1.41. The third kappa shape index (κ3) is 18.6. The number of carboxylic acid groups (broad SMARTS) is 1. The number of hydrogen-bond donors (Lipinski definition) is 9. The summed E-state index contributed by atoms with van der Waals surface area (Å²) in [6, 6.07) is 9.65. The van der Waals surface area contributed by atoms with Crippen molar-refractivity contribution < 1.29 is 87.0 Å². The normalized spacial score (nSPS) is 22.1. The molecule has 93 heavy (non-hydrogen) atoms. The minimum absolute atomic E-state index is 0.0255. The Morgan fingerprint density at radius 3 is 2.13 bits per heavy atom. The number of benzene rings is 2.